The highest BCUT2D eigenvalue weighted by Crippen LogP contribution is 2.22. The van der Waals surface area contributed by atoms with Gasteiger partial charge in [-0.3, -0.25) is 4.79 Å². The van der Waals surface area contributed by atoms with Gasteiger partial charge in [-0.25, -0.2) is 0 Å². The number of ether oxygens (including phenoxy) is 1. The van der Waals surface area contributed by atoms with Crippen molar-refractivity contribution in [3.05, 3.63) is 72.9 Å². The Labute approximate surface area is 523 Å². The molecule has 2 unspecified atom stereocenters. The monoisotopic (exact) mass is 1180 g/mol. The molecule has 4 N–H and O–H groups in total. The second-order valence-corrected chi connectivity index (χ2v) is 25.6. The van der Waals surface area contributed by atoms with Gasteiger partial charge in [-0.1, -0.05) is 253 Å². The molecule has 2 atom stereocenters. The van der Waals surface area contributed by atoms with E-state index in [0.29, 0.717) is 6.42 Å². The molecule has 490 valence electrons. The number of hydrogen-bond acceptors (Lipinski definition) is 6. The molecule has 0 aromatic carbocycles. The standard InChI is InChI=1S/C43H77NO2.C34H66N2O2/c1-3-5-7-9-11-13-15-17-19-21-23-25-27-29-31-33-36-42(46-43(45)38-41-44-39-35-40-44)37-34-32-30-28-26-24-22-20-18-16-14-12-10-8-6-4-2;1-5-7-8-9-10-11-12-13-14-15-16-17-18-19-21-24-27-33(38-36-32(3)31-37)28-25-22-20-23-26-30-34(4,35)29-6-2/h11-14,17-20,42H,3-10,15-16,21-41H2,1-2H3;10-11,13-14,33,37H,5-9,12,15-31,35H2,1-4H3/p+1/b13-11-,14-12-,19-17-,20-18-;11-10-,14-13-,36-32?. The minimum absolute atomic E-state index is 0.0171. The van der Waals surface area contributed by atoms with Crippen molar-refractivity contribution in [1.82, 2.24) is 4.90 Å². The lowest BCUT2D eigenvalue weighted by molar-refractivity contribution is -0.150. The summed E-state index contributed by atoms with van der Waals surface area (Å²) in [5, 5.41) is 11.7. The lowest BCUT2D eigenvalue weighted by atomic mass is 9.90. The zero-order valence-corrected chi connectivity index (χ0v) is 57.0. The summed E-state index contributed by atoms with van der Waals surface area (Å²) >= 11 is 0. The van der Waals surface area contributed by atoms with Gasteiger partial charge in [-0.05, 0) is 194 Å². The van der Waals surface area contributed by atoms with Crippen LogP contribution in [0.5, 0.6) is 0 Å². The molecule has 0 aromatic rings. The Kier molecular flexibility index (Phi) is 64.1. The van der Waals surface area contributed by atoms with Crippen LogP contribution >= 0.6 is 0 Å². The Balaban J connectivity index is 0.00000167. The van der Waals surface area contributed by atoms with E-state index in [9.17, 15) is 4.79 Å². The van der Waals surface area contributed by atoms with Crippen LogP contribution in [-0.4, -0.2) is 65.7 Å². The van der Waals surface area contributed by atoms with Crippen LogP contribution in [0, 0.1) is 0 Å². The molecule has 7 nitrogen and oxygen atoms in total. The lowest BCUT2D eigenvalue weighted by Gasteiger charge is -2.30. The number of esters is 1. The molecule has 0 aromatic heterocycles. The van der Waals surface area contributed by atoms with Crippen LogP contribution in [0.15, 0.2) is 78.1 Å². The topological polar surface area (TPSA) is 100 Å². The number of carbonyl (C=O) groups is 1. The summed E-state index contributed by atoms with van der Waals surface area (Å²) in [6, 6.07) is 0. The normalized spacial score (nSPS) is 14.5. The summed E-state index contributed by atoms with van der Waals surface area (Å²) in [5.41, 5.74) is 7.15. The number of nitrogens with zero attached hydrogens (tertiary/aromatic N) is 2. The van der Waals surface area contributed by atoms with Crippen LogP contribution in [0.2, 0.25) is 0 Å². The Hall–Kier alpha value is -2.74. The summed E-state index contributed by atoms with van der Waals surface area (Å²) in [4.78, 5) is 20.8. The zero-order valence-electron chi connectivity index (χ0n) is 57.0. The highest BCUT2D eigenvalue weighted by Gasteiger charge is 2.19. The van der Waals surface area contributed by atoms with Crippen LogP contribution in [0.1, 0.15) is 363 Å². The minimum atomic E-state index is 0.0171. The molecule has 1 aliphatic heterocycles. The molecule has 1 aliphatic rings. The number of likely N-dealkylation sites (tertiary alicyclic amines) is 1. The van der Waals surface area contributed by atoms with Gasteiger partial charge in [0.1, 0.15) is 17.9 Å². The predicted molar refractivity (Wildman–Crippen MR) is 374 cm³/mol. The summed E-state index contributed by atoms with van der Waals surface area (Å²) < 4.78 is 6.03. The van der Waals surface area contributed by atoms with Crippen molar-refractivity contribution in [2.75, 3.05) is 26.2 Å². The quantitative estimate of drug-likeness (QED) is 0.0163. The van der Waals surface area contributed by atoms with Crippen molar-refractivity contribution in [3.8, 4) is 0 Å². The number of hydrogen-bond donors (Lipinski definition) is 1. The first-order chi connectivity index (χ1) is 41.2. The first-order valence-electron chi connectivity index (χ1n) is 36.7. The van der Waals surface area contributed by atoms with Crippen LogP contribution in [0.3, 0.4) is 0 Å². The molecule has 1 fully saturated rings. The number of unbranched alkanes of at least 4 members (excludes halogenated alkanes) is 31. The summed E-state index contributed by atoms with van der Waals surface area (Å²) in [5.74, 6) is 0.0250. The van der Waals surface area contributed by atoms with E-state index in [1.54, 1.807) is 0 Å². The van der Waals surface area contributed by atoms with Gasteiger partial charge in [-0.15, -0.1) is 0 Å². The summed E-state index contributed by atoms with van der Waals surface area (Å²) in [6.07, 6.45) is 90.1. The summed E-state index contributed by atoms with van der Waals surface area (Å²) in [7, 11) is 0. The lowest BCUT2D eigenvalue weighted by Crippen LogP contribution is -2.38. The van der Waals surface area contributed by atoms with Crippen molar-refractivity contribution in [3.63, 3.8) is 0 Å². The van der Waals surface area contributed by atoms with Crippen LogP contribution in [-0.2, 0) is 14.4 Å². The SMILES string of the molecule is CCCCC/C=C\C/C=C\CCCCCCCCC(CCCCCCCC(C)(N)CCC)ON=C(C)C[OH2+].CCCCC/C=C\C/C=C\CCCCCCCCC(CCCCCCCC/C=C\C/C=C\CCCCC)OC(=O)CCN1CCC1. The van der Waals surface area contributed by atoms with Gasteiger partial charge < -0.3 is 25.3 Å². The fraction of sp³-hybridized carbons (Fsp3) is 0.818. The third-order valence-corrected chi connectivity index (χ3v) is 16.8. The maximum Gasteiger partial charge on any atom is 0.307 e. The first kappa shape index (κ1) is 81.3. The average molecular weight is 1180 g/mol. The Morgan fingerprint density at radius 1 is 0.464 bits per heavy atom. The van der Waals surface area contributed by atoms with Crippen LogP contribution in [0.25, 0.3) is 0 Å². The number of oxime groups is 1. The van der Waals surface area contributed by atoms with Gasteiger partial charge in [0.2, 0.25) is 0 Å². The van der Waals surface area contributed by atoms with Crippen molar-refractivity contribution in [1.29, 1.82) is 0 Å². The second-order valence-electron chi connectivity index (χ2n) is 25.6. The third kappa shape index (κ3) is 62.3. The molecule has 0 bridgehead atoms. The molecule has 7 heteroatoms. The number of allylic oxidation sites excluding steroid dienone is 12. The number of carbonyl (C=O) groups excluding carboxylic acids is 1. The van der Waals surface area contributed by atoms with Crippen LogP contribution < -0.4 is 5.73 Å². The Bertz CT molecular complexity index is 1530. The summed E-state index contributed by atoms with van der Waals surface area (Å²) in [6.45, 7) is 16.5. The number of rotatable bonds is 62. The molecule has 84 heavy (non-hydrogen) atoms. The van der Waals surface area contributed by atoms with Crippen molar-refractivity contribution in [2.45, 2.75) is 380 Å². The smallest absolute Gasteiger partial charge is 0.307 e. The fourth-order valence-corrected chi connectivity index (χ4v) is 11.0. The molecule has 1 saturated heterocycles. The van der Waals surface area contributed by atoms with E-state index >= 15 is 0 Å². The molecular formula is C77H144N3O4+. The van der Waals surface area contributed by atoms with Gasteiger partial charge >= 0.3 is 5.97 Å². The van der Waals surface area contributed by atoms with E-state index in [1.807, 2.05) is 6.92 Å². The van der Waals surface area contributed by atoms with Crippen molar-refractivity contribution >= 4 is 11.7 Å². The van der Waals surface area contributed by atoms with Gasteiger partial charge in [0.15, 0.2) is 6.61 Å². The Morgan fingerprint density at radius 2 is 0.798 bits per heavy atom. The van der Waals surface area contributed by atoms with E-state index in [2.05, 4.69) is 118 Å². The van der Waals surface area contributed by atoms with Gasteiger partial charge in [-0.2, -0.15) is 0 Å². The van der Waals surface area contributed by atoms with Crippen molar-refractivity contribution in [2.24, 2.45) is 10.9 Å². The zero-order chi connectivity index (χ0) is 61.2. The van der Waals surface area contributed by atoms with Gasteiger partial charge in [0.25, 0.3) is 0 Å². The third-order valence-electron chi connectivity index (χ3n) is 16.8. The fourth-order valence-electron chi connectivity index (χ4n) is 11.0. The number of nitrogens with two attached hydrogens (primary N) is 1. The van der Waals surface area contributed by atoms with Gasteiger partial charge in [0.05, 0.1) is 6.42 Å². The van der Waals surface area contributed by atoms with E-state index in [4.69, 9.17) is 20.4 Å². The Morgan fingerprint density at radius 3 is 1.13 bits per heavy atom. The predicted octanol–water partition coefficient (Wildman–Crippen LogP) is 23.3. The molecule has 0 amide bonds. The molecule has 0 aliphatic carbocycles. The maximum absolute atomic E-state index is 12.6. The largest absolute Gasteiger partial charge is 0.462 e. The molecule has 1 rings (SSSR count). The highest BCUT2D eigenvalue weighted by atomic mass is 16.6. The van der Waals surface area contributed by atoms with Gasteiger partial charge in [0, 0.05) is 12.1 Å². The first-order valence-corrected chi connectivity index (χ1v) is 36.7. The molecule has 0 saturated carbocycles. The van der Waals surface area contributed by atoms with E-state index in [1.165, 1.54) is 257 Å². The van der Waals surface area contributed by atoms with Crippen LogP contribution in [0.4, 0.5) is 0 Å². The molecule has 1 heterocycles. The second kappa shape index (κ2) is 66.2. The van der Waals surface area contributed by atoms with E-state index in [0.717, 1.165) is 83.1 Å². The maximum atomic E-state index is 12.6. The minimum Gasteiger partial charge on any atom is -0.462 e. The average Bonchev–Trinajstić information content (AvgIpc) is 3.48. The molecule has 0 radical (unpaired) electrons. The molecule has 0 spiro atoms. The van der Waals surface area contributed by atoms with E-state index < -0.39 is 0 Å². The highest BCUT2D eigenvalue weighted by molar-refractivity contribution is 5.82. The molecular weight excluding hydrogens is 1030 g/mol. The van der Waals surface area contributed by atoms with E-state index in [-0.39, 0.29) is 30.3 Å². The van der Waals surface area contributed by atoms with Crippen molar-refractivity contribution < 1.29 is 19.5 Å².